The minimum absolute atomic E-state index is 0.508. The van der Waals surface area contributed by atoms with Gasteiger partial charge >= 0.3 is 0 Å². The highest BCUT2D eigenvalue weighted by Gasteiger charge is 2.07. The lowest BCUT2D eigenvalue weighted by atomic mass is 10.1. The number of pyridine rings is 1. The van der Waals surface area contributed by atoms with E-state index in [2.05, 4.69) is 4.98 Å². The van der Waals surface area contributed by atoms with Gasteiger partial charge in [-0.05, 0) is 12.1 Å². The molecule has 84 valence electrons. The quantitative estimate of drug-likeness (QED) is 0.822. The lowest BCUT2D eigenvalue weighted by Gasteiger charge is -2.07. The summed E-state index contributed by atoms with van der Waals surface area (Å²) < 4.78 is 10.2. The number of methoxy groups -OCH3 is 2. The van der Waals surface area contributed by atoms with Gasteiger partial charge in [0.1, 0.15) is 0 Å². The van der Waals surface area contributed by atoms with E-state index >= 15 is 0 Å². The van der Waals surface area contributed by atoms with E-state index in [1.165, 1.54) is 0 Å². The van der Waals surface area contributed by atoms with Gasteiger partial charge in [0.2, 0.25) is 5.88 Å². The number of benzene rings is 1. The van der Waals surface area contributed by atoms with Crippen LogP contribution < -0.4 is 4.74 Å². The summed E-state index contributed by atoms with van der Waals surface area (Å²) in [5.41, 5.74) is 1.83. The topological polar surface area (TPSA) is 31.4 Å². The molecule has 1 aromatic carbocycles. The van der Waals surface area contributed by atoms with E-state index in [1.54, 1.807) is 20.3 Å². The molecule has 16 heavy (non-hydrogen) atoms. The van der Waals surface area contributed by atoms with Crippen molar-refractivity contribution in [2.75, 3.05) is 14.2 Å². The van der Waals surface area contributed by atoms with Crippen LogP contribution in [0.3, 0.4) is 0 Å². The third-order valence-corrected chi connectivity index (χ3v) is 2.70. The van der Waals surface area contributed by atoms with Crippen LogP contribution in [0.1, 0.15) is 5.56 Å². The average molecular weight is 238 g/mol. The summed E-state index contributed by atoms with van der Waals surface area (Å²) in [6.07, 6.45) is 0. The fourth-order valence-corrected chi connectivity index (χ4v) is 1.82. The van der Waals surface area contributed by atoms with Crippen molar-refractivity contribution >= 4 is 22.5 Å². The van der Waals surface area contributed by atoms with Crippen LogP contribution >= 0.6 is 11.6 Å². The maximum Gasteiger partial charge on any atom is 0.213 e. The molecule has 1 heterocycles. The molecule has 0 spiro atoms. The van der Waals surface area contributed by atoms with Gasteiger partial charge in [0.05, 0.1) is 19.2 Å². The lowest BCUT2D eigenvalue weighted by Crippen LogP contribution is -1.94. The van der Waals surface area contributed by atoms with Crippen LogP contribution in [-0.4, -0.2) is 19.2 Å². The molecule has 0 bridgehead atoms. The molecule has 0 aliphatic heterocycles. The van der Waals surface area contributed by atoms with Crippen LogP contribution in [0, 0.1) is 0 Å². The fraction of sp³-hybridized carbons (Fsp3) is 0.250. The van der Waals surface area contributed by atoms with Crippen molar-refractivity contribution in [3.8, 4) is 5.88 Å². The van der Waals surface area contributed by atoms with Crippen molar-refractivity contribution in [3.63, 3.8) is 0 Å². The smallest absolute Gasteiger partial charge is 0.213 e. The van der Waals surface area contributed by atoms with Crippen LogP contribution in [0.15, 0.2) is 24.3 Å². The predicted molar refractivity (Wildman–Crippen MR) is 64.0 cm³/mol. The molecule has 0 radical (unpaired) electrons. The number of nitrogens with zero attached hydrogens (tertiary/aromatic N) is 1. The first-order valence-corrected chi connectivity index (χ1v) is 5.25. The Kier molecular flexibility index (Phi) is 3.27. The zero-order valence-corrected chi connectivity index (χ0v) is 9.91. The fourth-order valence-electron chi connectivity index (χ4n) is 1.61. The first kappa shape index (κ1) is 11.2. The first-order valence-electron chi connectivity index (χ1n) is 4.87. The van der Waals surface area contributed by atoms with Gasteiger partial charge in [0.15, 0.2) is 0 Å². The lowest BCUT2D eigenvalue weighted by molar-refractivity contribution is 0.186. The number of halogens is 1. The second kappa shape index (κ2) is 4.68. The maximum atomic E-state index is 6.10. The summed E-state index contributed by atoms with van der Waals surface area (Å²) >= 11 is 6.10. The van der Waals surface area contributed by atoms with Gasteiger partial charge < -0.3 is 9.47 Å². The Balaban J connectivity index is 2.67. The van der Waals surface area contributed by atoms with Crippen molar-refractivity contribution in [2.45, 2.75) is 6.61 Å². The maximum absolute atomic E-state index is 6.10. The second-order valence-electron chi connectivity index (χ2n) is 3.39. The molecular weight excluding hydrogens is 226 g/mol. The van der Waals surface area contributed by atoms with Gasteiger partial charge in [-0.1, -0.05) is 17.7 Å². The van der Waals surface area contributed by atoms with Crippen molar-refractivity contribution in [2.24, 2.45) is 0 Å². The number of hydrogen-bond donors (Lipinski definition) is 0. The van der Waals surface area contributed by atoms with E-state index < -0.39 is 0 Å². The third-order valence-electron chi connectivity index (χ3n) is 2.37. The van der Waals surface area contributed by atoms with Gasteiger partial charge in [-0.3, -0.25) is 0 Å². The summed E-state index contributed by atoms with van der Waals surface area (Å²) in [5.74, 6) is 0.576. The summed E-state index contributed by atoms with van der Waals surface area (Å²) in [6.45, 7) is 0.508. The van der Waals surface area contributed by atoms with Gasteiger partial charge in [-0.15, -0.1) is 0 Å². The Hall–Kier alpha value is -1.32. The second-order valence-corrected chi connectivity index (χ2v) is 3.80. The molecule has 0 amide bonds. The highest BCUT2D eigenvalue weighted by molar-refractivity contribution is 6.35. The van der Waals surface area contributed by atoms with Gasteiger partial charge in [-0.25, -0.2) is 4.98 Å². The molecule has 1 aromatic heterocycles. The minimum Gasteiger partial charge on any atom is -0.481 e. The zero-order valence-electron chi connectivity index (χ0n) is 9.16. The largest absolute Gasteiger partial charge is 0.481 e. The molecule has 4 heteroatoms. The summed E-state index contributed by atoms with van der Waals surface area (Å²) in [4.78, 5) is 4.39. The minimum atomic E-state index is 0.508. The Morgan fingerprint density at radius 2 is 2.00 bits per heavy atom. The SMILES string of the molecule is COCc1ccc(Cl)c2ccc(OC)nc12. The predicted octanol–water partition coefficient (Wildman–Crippen LogP) is 3.04. The van der Waals surface area contributed by atoms with Crippen LogP contribution in [0.25, 0.3) is 10.9 Å². The third kappa shape index (κ3) is 1.96. The Morgan fingerprint density at radius 1 is 1.19 bits per heavy atom. The molecule has 0 atom stereocenters. The summed E-state index contributed by atoms with van der Waals surface area (Å²) in [6, 6.07) is 7.47. The van der Waals surface area contributed by atoms with Gasteiger partial charge in [-0.2, -0.15) is 0 Å². The zero-order chi connectivity index (χ0) is 11.5. The number of aromatic nitrogens is 1. The van der Waals surface area contributed by atoms with E-state index in [1.807, 2.05) is 18.2 Å². The van der Waals surface area contributed by atoms with E-state index in [0.29, 0.717) is 17.5 Å². The molecule has 0 unspecified atom stereocenters. The molecule has 0 saturated carbocycles. The molecule has 2 rings (SSSR count). The van der Waals surface area contributed by atoms with Crippen LogP contribution in [0.2, 0.25) is 5.02 Å². The summed E-state index contributed by atoms with van der Waals surface area (Å²) in [7, 11) is 3.25. The van der Waals surface area contributed by atoms with Crippen LogP contribution in [0.4, 0.5) is 0 Å². The molecule has 0 N–H and O–H groups in total. The first-order chi connectivity index (χ1) is 7.76. The van der Waals surface area contributed by atoms with E-state index in [-0.39, 0.29) is 0 Å². The van der Waals surface area contributed by atoms with Crippen LogP contribution in [0.5, 0.6) is 5.88 Å². The standard InChI is InChI=1S/C12H12ClNO2/c1-15-7-8-3-5-10(13)9-4-6-11(16-2)14-12(8)9/h3-6H,7H2,1-2H3. The molecule has 0 aliphatic rings. The van der Waals surface area contributed by atoms with Crippen molar-refractivity contribution in [1.29, 1.82) is 0 Å². The summed E-state index contributed by atoms with van der Waals surface area (Å²) in [5, 5.41) is 1.60. The highest BCUT2D eigenvalue weighted by atomic mass is 35.5. The number of rotatable bonds is 3. The Morgan fingerprint density at radius 3 is 2.69 bits per heavy atom. The van der Waals surface area contributed by atoms with Gasteiger partial charge in [0, 0.05) is 29.1 Å². The normalized spacial score (nSPS) is 10.7. The molecule has 0 fully saturated rings. The number of ether oxygens (including phenoxy) is 2. The molecule has 0 saturated heterocycles. The van der Waals surface area contributed by atoms with Crippen molar-refractivity contribution < 1.29 is 9.47 Å². The molecule has 2 aromatic rings. The highest BCUT2D eigenvalue weighted by Crippen LogP contribution is 2.27. The van der Waals surface area contributed by atoms with Gasteiger partial charge in [0.25, 0.3) is 0 Å². The van der Waals surface area contributed by atoms with Crippen molar-refractivity contribution in [1.82, 2.24) is 4.98 Å². The monoisotopic (exact) mass is 237 g/mol. The average Bonchev–Trinajstić information content (AvgIpc) is 2.32. The Labute approximate surface area is 99.0 Å². The van der Waals surface area contributed by atoms with Crippen LogP contribution in [-0.2, 0) is 11.3 Å². The number of hydrogen-bond acceptors (Lipinski definition) is 3. The van der Waals surface area contributed by atoms with E-state index in [9.17, 15) is 0 Å². The van der Waals surface area contributed by atoms with E-state index in [4.69, 9.17) is 21.1 Å². The number of fused-ring (bicyclic) bond motifs is 1. The van der Waals surface area contributed by atoms with Crippen molar-refractivity contribution in [3.05, 3.63) is 34.9 Å². The molecular formula is C12H12ClNO2. The molecule has 0 aliphatic carbocycles. The van der Waals surface area contributed by atoms with E-state index in [0.717, 1.165) is 16.5 Å². The molecule has 3 nitrogen and oxygen atoms in total. The Bertz CT molecular complexity index is 514.